The number of non-ortho nitro benzene ring substituents is 1. The molecule has 0 aromatic heterocycles. The van der Waals surface area contributed by atoms with E-state index in [1.807, 2.05) is 13.8 Å². The third-order valence-electron chi connectivity index (χ3n) is 7.87. The van der Waals surface area contributed by atoms with Crippen LogP contribution in [0.4, 0.5) is 17.1 Å². The number of hydrogen-bond acceptors (Lipinski definition) is 5. The van der Waals surface area contributed by atoms with Crippen molar-refractivity contribution in [3.8, 4) is 5.75 Å². The summed E-state index contributed by atoms with van der Waals surface area (Å²) in [5.41, 5.74) is 9.60. The molecule has 0 amide bonds. The first kappa shape index (κ1) is 38.9. The van der Waals surface area contributed by atoms with Crippen molar-refractivity contribution in [3.63, 3.8) is 0 Å². The van der Waals surface area contributed by atoms with Crippen LogP contribution < -0.4 is 14.5 Å². The summed E-state index contributed by atoms with van der Waals surface area (Å²) in [5, 5.41) is 10.7. The molecular weight excluding hydrogens is 889 g/mol. The molecule has 0 aliphatic carbocycles. The molecule has 4 rings (SSSR count). The van der Waals surface area contributed by atoms with Crippen LogP contribution in [0.1, 0.15) is 121 Å². The molecule has 254 valence electrons. The Morgan fingerprint density at radius 3 is 1.50 bits per heavy atom. The molecule has 1 saturated heterocycles. The summed E-state index contributed by atoms with van der Waals surface area (Å²) in [7, 11) is -1.05. The number of anilines is 2. The molecule has 1 fully saturated rings. The van der Waals surface area contributed by atoms with Crippen molar-refractivity contribution >= 4 is 61.2 Å². The minimum atomic E-state index is -1.05. The van der Waals surface area contributed by atoms with Gasteiger partial charge in [0.1, 0.15) is 0 Å². The molecule has 9 heteroatoms. The van der Waals surface area contributed by atoms with Gasteiger partial charge < -0.3 is 9.80 Å². The summed E-state index contributed by atoms with van der Waals surface area (Å²) in [5.74, 6) is 2.78. The average Bonchev–Trinajstić information content (AvgIpc) is 3.46. The van der Waals surface area contributed by atoms with Crippen molar-refractivity contribution in [1.82, 2.24) is 0 Å². The Bertz CT molecular complexity index is 1400. The van der Waals surface area contributed by atoms with E-state index in [4.69, 9.17) is 4.74 Å². The molecule has 3 aromatic rings. The van der Waals surface area contributed by atoms with Gasteiger partial charge in [-0.1, -0.05) is 91.8 Å². The van der Waals surface area contributed by atoms with Crippen LogP contribution in [0.25, 0.3) is 0 Å². The van der Waals surface area contributed by atoms with Crippen LogP contribution in [-0.2, 0) is 8.47 Å². The second kappa shape index (κ2) is 17.7. The molecule has 0 bridgehead atoms. The molecule has 0 atom stereocenters. The minimum absolute atomic E-state index is 0.0627. The average molecular weight is 940 g/mol. The summed E-state index contributed by atoms with van der Waals surface area (Å²) in [6.07, 6.45) is 0.0627. The van der Waals surface area contributed by atoms with E-state index in [0.717, 1.165) is 24.4 Å². The van der Waals surface area contributed by atoms with E-state index in [1.165, 1.54) is 39.7 Å². The largest absolute Gasteiger partial charge is 0.502 e. The zero-order valence-electron chi connectivity index (χ0n) is 28.8. The van der Waals surface area contributed by atoms with Gasteiger partial charge in [-0.3, -0.25) is 0 Å². The first-order valence-electron chi connectivity index (χ1n) is 16.0. The first-order valence-corrected chi connectivity index (χ1v) is 27.4. The molecule has 0 spiro atoms. The van der Waals surface area contributed by atoms with Crippen molar-refractivity contribution in [1.29, 1.82) is 0 Å². The maximum Gasteiger partial charge on any atom is 0.0156 e. The number of ether oxygens (including phenoxy) is 1. The van der Waals surface area contributed by atoms with Crippen molar-refractivity contribution in [3.05, 3.63) is 99.2 Å². The fourth-order valence-electron chi connectivity index (χ4n) is 5.70. The zero-order valence-corrected chi connectivity index (χ0v) is 34.9. The molecule has 0 unspecified atom stereocenters. The normalized spacial score (nSPS) is 13.5. The van der Waals surface area contributed by atoms with Crippen LogP contribution in [0.3, 0.4) is 0 Å². The van der Waals surface area contributed by atoms with E-state index in [-0.39, 0.29) is 16.7 Å². The van der Waals surface area contributed by atoms with Crippen LogP contribution in [-0.4, -0.2) is 28.7 Å². The van der Waals surface area contributed by atoms with Gasteiger partial charge in [0, 0.05) is 24.5 Å². The molecular formula is C37H50I2N3O3Ru-. The zero-order chi connectivity index (χ0) is 34.3. The van der Waals surface area contributed by atoms with E-state index in [1.54, 1.807) is 12.1 Å². The Kier molecular flexibility index (Phi) is 15.0. The number of hydrogen-bond donors (Lipinski definition) is 0. The summed E-state index contributed by atoms with van der Waals surface area (Å²) in [4.78, 5) is 15.4. The Morgan fingerprint density at radius 1 is 0.761 bits per heavy atom. The fraction of sp³-hybridized carbons (Fsp3) is 0.459. The van der Waals surface area contributed by atoms with Gasteiger partial charge >= 0.3 is 128 Å². The predicted octanol–water partition coefficient (Wildman–Crippen LogP) is 11.5. The number of nitrogens with zero attached hydrogens (tertiary/aromatic N) is 3. The third kappa shape index (κ3) is 10.2. The van der Waals surface area contributed by atoms with E-state index in [9.17, 15) is 10.1 Å². The Labute approximate surface area is 303 Å². The van der Waals surface area contributed by atoms with Crippen LogP contribution in [0, 0.1) is 16.8 Å². The van der Waals surface area contributed by atoms with Crippen LogP contribution >= 0.6 is 39.5 Å². The fourth-order valence-corrected chi connectivity index (χ4v) is 9.31. The third-order valence-corrected chi connectivity index (χ3v) is 11.4. The number of nitro benzene ring substituents is 1. The van der Waals surface area contributed by atoms with Gasteiger partial charge in [0.25, 0.3) is 0 Å². The maximum absolute atomic E-state index is 10.7. The first-order chi connectivity index (χ1) is 21.6. The number of nitro groups is 1. The topological polar surface area (TPSA) is 58.9 Å². The SMILES string of the molecule is CC(C)Oc1ccc([N+](=O)[O-])cc1[CH]=[Ru]([I])[I].CC(C)c1cccc(C(C)C)c1N1[CH-]N(c2c(C(C)C)cccc2C(C)C)CC1. The number of halogens is 2. The Hall–Kier alpha value is -1.59. The second-order valence-corrected chi connectivity index (χ2v) is 33.0. The summed E-state index contributed by atoms with van der Waals surface area (Å²) < 4.78 is 7.72. The minimum Gasteiger partial charge on any atom is -0.502 e. The Balaban J connectivity index is 0.000000289. The van der Waals surface area contributed by atoms with E-state index in [2.05, 4.69) is 152 Å². The summed E-state index contributed by atoms with van der Waals surface area (Å²) >= 11 is 4.75. The summed E-state index contributed by atoms with van der Waals surface area (Å²) in [6.45, 7) is 26.8. The molecule has 46 heavy (non-hydrogen) atoms. The number of benzene rings is 3. The van der Waals surface area contributed by atoms with Crippen molar-refractivity contribution in [2.24, 2.45) is 0 Å². The van der Waals surface area contributed by atoms with Gasteiger partial charge in [0.2, 0.25) is 0 Å². The van der Waals surface area contributed by atoms with E-state index >= 15 is 0 Å². The van der Waals surface area contributed by atoms with Gasteiger partial charge in [-0.15, -0.1) is 0 Å². The van der Waals surface area contributed by atoms with Crippen LogP contribution in [0.15, 0.2) is 54.6 Å². The van der Waals surface area contributed by atoms with Gasteiger partial charge in [-0.25, -0.2) is 0 Å². The smallest absolute Gasteiger partial charge is 0.0156 e. The molecule has 1 heterocycles. The van der Waals surface area contributed by atoms with Gasteiger partial charge in [-0.2, -0.15) is 6.67 Å². The van der Waals surface area contributed by atoms with Crippen molar-refractivity contribution in [2.45, 2.75) is 99.0 Å². The molecule has 3 aromatic carbocycles. The monoisotopic (exact) mass is 940 g/mol. The van der Waals surface area contributed by atoms with E-state index in [0.29, 0.717) is 23.7 Å². The predicted molar refractivity (Wildman–Crippen MR) is 210 cm³/mol. The molecule has 0 radical (unpaired) electrons. The number of rotatable bonds is 10. The van der Waals surface area contributed by atoms with Crippen LogP contribution in [0.2, 0.25) is 0 Å². The van der Waals surface area contributed by atoms with Gasteiger partial charge in [-0.05, 0) is 45.9 Å². The molecule has 0 N–H and O–H groups in total. The quantitative estimate of drug-likeness (QED) is 0.0666. The standard InChI is InChI=1S/C27H39N2.C10H11NO3.2HI.Ru/c1-18(2)22-11-9-12-23(19(3)4)26(22)28-15-16-29(17-28)27-24(20(5)6)13-10-14-25(27)21(7)8;1-7(2)14-10-5-4-9(11(12)13)6-8(10)3;;;/h9-14,17-21H,15-16H2,1-8H3;3-7H,1-2H3;2*1H;/q-1;;;;+2/p-2. The van der Waals surface area contributed by atoms with E-state index < -0.39 is 8.47 Å². The molecule has 0 saturated carbocycles. The van der Waals surface area contributed by atoms with Crippen LogP contribution in [0.5, 0.6) is 5.75 Å². The van der Waals surface area contributed by atoms with Gasteiger partial charge in [0.05, 0.1) is 0 Å². The molecule has 6 nitrogen and oxygen atoms in total. The summed E-state index contributed by atoms with van der Waals surface area (Å²) in [6, 6.07) is 18.4. The van der Waals surface area contributed by atoms with Gasteiger partial charge in [0.15, 0.2) is 0 Å². The second-order valence-electron chi connectivity index (χ2n) is 13.1. The molecule has 1 aliphatic rings. The van der Waals surface area contributed by atoms with Crippen molar-refractivity contribution in [2.75, 3.05) is 22.9 Å². The maximum atomic E-state index is 10.7. The van der Waals surface area contributed by atoms with Crippen molar-refractivity contribution < 1.29 is 18.1 Å². The number of para-hydroxylation sites is 2. The molecule has 1 aliphatic heterocycles. The Morgan fingerprint density at radius 2 is 1.17 bits per heavy atom.